The third kappa shape index (κ3) is 5.98. The summed E-state index contributed by atoms with van der Waals surface area (Å²) < 4.78 is 0. The summed E-state index contributed by atoms with van der Waals surface area (Å²) in [5, 5.41) is 0. The van der Waals surface area contributed by atoms with E-state index in [0.29, 0.717) is 0 Å². The first kappa shape index (κ1) is 21.9. The first-order chi connectivity index (χ1) is 11.9. The van der Waals surface area contributed by atoms with Gasteiger partial charge in [-0.05, 0) is 0 Å². The van der Waals surface area contributed by atoms with Crippen LogP contribution in [0.3, 0.4) is 0 Å². The van der Waals surface area contributed by atoms with E-state index in [1.54, 1.807) is 0 Å². The zero-order valence-corrected chi connectivity index (χ0v) is 16.2. The van der Waals surface area contributed by atoms with Gasteiger partial charge >= 0.3 is 34.1 Å². The third-order valence-electron chi connectivity index (χ3n) is 3.66. The molecule has 0 unspecified atom stereocenters. The van der Waals surface area contributed by atoms with E-state index in [4.69, 9.17) is 0 Å². The molecule has 1 nitrogen and oxygen atoms in total. The van der Waals surface area contributed by atoms with Gasteiger partial charge in [-0.15, -0.1) is 46.5 Å². The summed E-state index contributed by atoms with van der Waals surface area (Å²) in [5.74, 6) is 0. The first-order valence-electron chi connectivity index (χ1n) is 7.94. The average molecular weight is 422 g/mol. The Morgan fingerprint density at radius 3 is 1.08 bits per heavy atom. The molecule has 0 aromatic heterocycles. The second-order valence-electron chi connectivity index (χ2n) is 5.35. The van der Waals surface area contributed by atoms with Crippen LogP contribution in [-0.2, 0) is 34.1 Å². The van der Waals surface area contributed by atoms with Gasteiger partial charge in [0.1, 0.15) is 0 Å². The fraction of sp³-hybridized carbons (Fsp3) is 0. The van der Waals surface area contributed by atoms with E-state index in [1.165, 1.54) is 0 Å². The van der Waals surface area contributed by atoms with Crippen LogP contribution in [0.5, 0.6) is 0 Å². The molecule has 0 aliphatic carbocycles. The van der Waals surface area contributed by atoms with Crippen LogP contribution in [0.2, 0.25) is 0 Å². The summed E-state index contributed by atoms with van der Waals surface area (Å²) >= 11 is 0. The van der Waals surface area contributed by atoms with Crippen molar-refractivity contribution in [3.63, 3.8) is 0 Å². The van der Waals surface area contributed by atoms with E-state index in [-0.39, 0.29) is 39.6 Å². The molecule has 0 aliphatic rings. The standard InChI is InChI=1S/C13H8O.2C5H5.2Fe/c14-13-11(9-5-1-2-6-9)12(13)10-7-3-4-8-10;2*1-2-4-5-3-1;;/h1-8H;2*1-5H;;/q-2;2*-1;2*+2. The summed E-state index contributed by atoms with van der Waals surface area (Å²) in [6.07, 6.45) is 0. The Balaban J connectivity index is 0.000000235. The summed E-state index contributed by atoms with van der Waals surface area (Å²) in [4.78, 5) is 11.5. The van der Waals surface area contributed by atoms with Crippen molar-refractivity contribution in [2.24, 2.45) is 0 Å². The Bertz CT molecular complexity index is 789. The molecule has 5 aromatic carbocycles. The van der Waals surface area contributed by atoms with Crippen molar-refractivity contribution in [1.29, 1.82) is 0 Å². The normalized spacial score (nSPS) is 9.08. The fourth-order valence-electron chi connectivity index (χ4n) is 2.44. The molecule has 0 fully saturated rings. The molecule has 0 bridgehead atoms. The van der Waals surface area contributed by atoms with Gasteiger partial charge in [-0.25, -0.2) is 24.3 Å². The van der Waals surface area contributed by atoms with Crippen LogP contribution >= 0.6 is 0 Å². The molecule has 0 radical (unpaired) electrons. The topological polar surface area (TPSA) is 17.1 Å². The maximum atomic E-state index is 11.5. The quantitative estimate of drug-likeness (QED) is 0.271. The molecule has 0 saturated heterocycles. The van der Waals surface area contributed by atoms with Crippen LogP contribution < -0.4 is 5.43 Å². The Morgan fingerprint density at radius 1 is 0.538 bits per heavy atom. The second kappa shape index (κ2) is 11.5. The van der Waals surface area contributed by atoms with E-state index in [0.717, 1.165) is 22.3 Å². The molecule has 132 valence electrons. The van der Waals surface area contributed by atoms with Crippen LogP contribution in [0.4, 0.5) is 0 Å². The average Bonchev–Trinajstić information content (AvgIpc) is 3.36. The van der Waals surface area contributed by atoms with E-state index in [9.17, 15) is 4.79 Å². The smallest absolute Gasteiger partial charge is 0.354 e. The van der Waals surface area contributed by atoms with E-state index in [1.807, 2.05) is 109 Å². The molecular weight excluding hydrogens is 404 g/mol. The van der Waals surface area contributed by atoms with Crippen LogP contribution in [-0.4, -0.2) is 0 Å². The largest absolute Gasteiger partial charge is 2.00 e. The van der Waals surface area contributed by atoms with E-state index < -0.39 is 0 Å². The summed E-state index contributed by atoms with van der Waals surface area (Å²) in [6, 6.07) is 35.7. The van der Waals surface area contributed by atoms with Gasteiger partial charge in [0, 0.05) is 5.43 Å². The minimum Gasteiger partial charge on any atom is -0.354 e. The maximum absolute atomic E-state index is 11.5. The zero-order chi connectivity index (χ0) is 16.6. The van der Waals surface area contributed by atoms with Crippen molar-refractivity contribution in [2.75, 3.05) is 0 Å². The van der Waals surface area contributed by atoms with Crippen LogP contribution in [0.25, 0.3) is 22.3 Å². The Morgan fingerprint density at radius 2 is 0.846 bits per heavy atom. The second-order valence-corrected chi connectivity index (χ2v) is 5.35. The van der Waals surface area contributed by atoms with Gasteiger partial charge in [0.05, 0.1) is 0 Å². The minimum absolute atomic E-state index is 0. The number of hydrogen-bond acceptors (Lipinski definition) is 1. The predicted molar refractivity (Wildman–Crippen MR) is 101 cm³/mol. The molecule has 0 heterocycles. The van der Waals surface area contributed by atoms with Gasteiger partial charge in [-0.2, -0.15) is 60.7 Å². The molecule has 0 atom stereocenters. The summed E-state index contributed by atoms with van der Waals surface area (Å²) in [5.41, 5.74) is 4.07. The van der Waals surface area contributed by atoms with Gasteiger partial charge in [0.2, 0.25) is 0 Å². The van der Waals surface area contributed by atoms with E-state index in [2.05, 4.69) is 0 Å². The molecule has 5 rings (SSSR count). The minimum atomic E-state index is 0. The van der Waals surface area contributed by atoms with E-state index >= 15 is 0 Å². The third-order valence-corrected chi connectivity index (χ3v) is 3.66. The number of hydrogen-bond donors (Lipinski definition) is 0. The van der Waals surface area contributed by atoms with Crippen LogP contribution in [0.1, 0.15) is 0 Å². The van der Waals surface area contributed by atoms with Crippen molar-refractivity contribution in [3.05, 3.63) is 119 Å². The first-order valence-corrected chi connectivity index (χ1v) is 7.94. The van der Waals surface area contributed by atoms with Gasteiger partial charge in [0.25, 0.3) is 0 Å². The molecule has 0 aliphatic heterocycles. The molecule has 0 N–H and O–H groups in total. The predicted octanol–water partition coefficient (Wildman–Crippen LogP) is 5.50. The monoisotopic (exact) mass is 422 g/mol. The Hall–Kier alpha value is -2.15. The summed E-state index contributed by atoms with van der Waals surface area (Å²) in [7, 11) is 0. The maximum Gasteiger partial charge on any atom is 2.00 e. The van der Waals surface area contributed by atoms with Crippen molar-refractivity contribution in [1.82, 2.24) is 0 Å². The van der Waals surface area contributed by atoms with Gasteiger partial charge < -0.3 is 4.79 Å². The van der Waals surface area contributed by atoms with Crippen molar-refractivity contribution in [2.45, 2.75) is 0 Å². The molecule has 0 saturated carbocycles. The molecule has 3 heteroatoms. The molecule has 5 aromatic rings. The number of rotatable bonds is 2. The summed E-state index contributed by atoms with van der Waals surface area (Å²) in [6.45, 7) is 0. The Kier molecular flexibility index (Phi) is 9.65. The van der Waals surface area contributed by atoms with Crippen molar-refractivity contribution in [3.8, 4) is 22.3 Å². The Labute approximate surface area is 175 Å². The zero-order valence-electron chi connectivity index (χ0n) is 14.0. The van der Waals surface area contributed by atoms with Crippen LogP contribution in [0.15, 0.2) is 114 Å². The van der Waals surface area contributed by atoms with Crippen LogP contribution in [0, 0.1) is 0 Å². The van der Waals surface area contributed by atoms with Gasteiger partial charge in [-0.3, -0.25) is 0 Å². The molecule has 0 amide bonds. The SMILES string of the molecule is O=c1c(-[c-]2cccc2)c1-[c-]1cccc1.[Fe+2].[Fe+2].c1cc[cH-]c1.c1cc[cH-]c1. The molecule has 26 heavy (non-hydrogen) atoms. The fourth-order valence-corrected chi connectivity index (χ4v) is 2.44. The van der Waals surface area contributed by atoms with Gasteiger partial charge in [0.15, 0.2) is 0 Å². The van der Waals surface area contributed by atoms with Crippen molar-refractivity contribution < 1.29 is 34.1 Å². The van der Waals surface area contributed by atoms with Crippen molar-refractivity contribution >= 4 is 0 Å². The van der Waals surface area contributed by atoms with Gasteiger partial charge in [-0.1, -0.05) is 0 Å². The molecule has 0 spiro atoms. The molecular formula is C23H18Fe2O.